The smallest absolute Gasteiger partial charge is 0.227 e. The highest BCUT2D eigenvalue weighted by Crippen LogP contribution is 2.43. The SMILES string of the molecule is CCCCCCCCCCCC(=O)N1c2ccc(C)cc2[C@H]2C[NH+](C)CC[C@H]21. The number of likely N-dealkylation sites (N-methyl/N-ethyl adjacent to an activating group) is 1. The van der Waals surface area contributed by atoms with Crippen LogP contribution in [0.15, 0.2) is 18.2 Å². The summed E-state index contributed by atoms with van der Waals surface area (Å²) >= 11 is 0. The maximum atomic E-state index is 13.2. The van der Waals surface area contributed by atoms with E-state index in [1.54, 1.807) is 4.90 Å². The molecule has 1 aromatic rings. The number of hydrogen-bond donors (Lipinski definition) is 1. The van der Waals surface area contributed by atoms with E-state index in [0.29, 0.717) is 17.9 Å². The van der Waals surface area contributed by atoms with E-state index in [1.165, 1.54) is 74.7 Å². The first-order valence-electron chi connectivity index (χ1n) is 11.9. The Morgan fingerprint density at radius 3 is 2.46 bits per heavy atom. The summed E-state index contributed by atoms with van der Waals surface area (Å²) in [5.41, 5.74) is 3.94. The fourth-order valence-electron chi connectivity index (χ4n) is 5.23. The minimum atomic E-state index is 0.361. The van der Waals surface area contributed by atoms with Crippen molar-refractivity contribution >= 4 is 11.6 Å². The number of carbonyl (C=O) groups is 1. The van der Waals surface area contributed by atoms with Crippen LogP contribution in [0.5, 0.6) is 0 Å². The van der Waals surface area contributed by atoms with Crippen molar-refractivity contribution in [3.63, 3.8) is 0 Å². The second-order valence-electron chi connectivity index (χ2n) is 9.28. The molecule has 2 aliphatic heterocycles. The molecule has 2 heterocycles. The molecule has 3 heteroatoms. The number of benzene rings is 1. The van der Waals surface area contributed by atoms with Crippen molar-refractivity contribution in [1.29, 1.82) is 0 Å². The second-order valence-corrected chi connectivity index (χ2v) is 9.28. The highest BCUT2D eigenvalue weighted by molar-refractivity contribution is 5.96. The van der Waals surface area contributed by atoms with Crippen LogP contribution in [0.4, 0.5) is 5.69 Å². The number of anilines is 1. The highest BCUT2D eigenvalue weighted by atomic mass is 16.2. The zero-order valence-corrected chi connectivity index (χ0v) is 18.4. The Labute approximate surface area is 172 Å². The van der Waals surface area contributed by atoms with Crippen molar-refractivity contribution in [3.8, 4) is 0 Å². The van der Waals surface area contributed by atoms with E-state index in [0.717, 1.165) is 25.8 Å². The summed E-state index contributed by atoms with van der Waals surface area (Å²) in [5, 5.41) is 0. The molecule has 3 rings (SSSR count). The Kier molecular flexibility index (Phi) is 7.96. The van der Waals surface area contributed by atoms with Gasteiger partial charge in [-0.2, -0.15) is 0 Å². The minimum Gasteiger partial charge on any atom is -0.337 e. The zero-order chi connectivity index (χ0) is 19.9. The maximum Gasteiger partial charge on any atom is 0.227 e. The predicted octanol–water partition coefficient (Wildman–Crippen LogP) is 4.63. The third kappa shape index (κ3) is 5.17. The van der Waals surface area contributed by atoms with Gasteiger partial charge in [0.1, 0.15) is 0 Å². The Morgan fingerprint density at radius 1 is 1.07 bits per heavy atom. The summed E-state index contributed by atoms with van der Waals surface area (Å²) in [6, 6.07) is 7.10. The van der Waals surface area contributed by atoms with Gasteiger partial charge in [0.2, 0.25) is 5.91 Å². The molecule has 1 saturated heterocycles. The van der Waals surface area contributed by atoms with Gasteiger partial charge in [-0.15, -0.1) is 0 Å². The van der Waals surface area contributed by atoms with Gasteiger partial charge < -0.3 is 9.80 Å². The van der Waals surface area contributed by atoms with Crippen LogP contribution < -0.4 is 9.80 Å². The quantitative estimate of drug-likeness (QED) is 0.583. The number of carbonyl (C=O) groups excluding carboxylic acids is 1. The molecule has 0 aliphatic carbocycles. The molecule has 0 aromatic heterocycles. The lowest BCUT2D eigenvalue weighted by molar-refractivity contribution is -0.886. The number of amides is 1. The van der Waals surface area contributed by atoms with Gasteiger partial charge in [0.25, 0.3) is 0 Å². The fourth-order valence-corrected chi connectivity index (χ4v) is 5.23. The van der Waals surface area contributed by atoms with Crippen LogP contribution >= 0.6 is 0 Å². The van der Waals surface area contributed by atoms with Gasteiger partial charge >= 0.3 is 0 Å². The lowest BCUT2D eigenvalue weighted by atomic mass is 9.89. The molecule has 156 valence electrons. The molecular formula is C25H41N2O+. The summed E-state index contributed by atoms with van der Waals surface area (Å²) in [6.07, 6.45) is 13.6. The molecular weight excluding hydrogens is 344 g/mol. The molecule has 0 spiro atoms. The van der Waals surface area contributed by atoms with Crippen LogP contribution in [-0.4, -0.2) is 32.1 Å². The molecule has 0 saturated carbocycles. The van der Waals surface area contributed by atoms with E-state index < -0.39 is 0 Å². The molecule has 1 fully saturated rings. The lowest BCUT2D eigenvalue weighted by Gasteiger charge is -2.34. The van der Waals surface area contributed by atoms with Crippen LogP contribution in [0.1, 0.15) is 94.6 Å². The summed E-state index contributed by atoms with van der Waals surface area (Å²) in [7, 11) is 2.29. The van der Waals surface area contributed by atoms with Gasteiger partial charge in [-0.05, 0) is 25.0 Å². The first kappa shape index (κ1) is 21.4. The molecule has 0 bridgehead atoms. The number of piperidine rings is 1. The number of rotatable bonds is 10. The fraction of sp³-hybridized carbons (Fsp3) is 0.720. The van der Waals surface area contributed by atoms with Gasteiger partial charge in [-0.1, -0.05) is 76.0 Å². The topological polar surface area (TPSA) is 24.8 Å². The van der Waals surface area contributed by atoms with E-state index in [-0.39, 0.29) is 0 Å². The number of nitrogens with zero attached hydrogens (tertiary/aromatic N) is 1. The minimum absolute atomic E-state index is 0.361. The molecule has 2 aliphatic rings. The number of aryl methyl sites for hydroxylation is 1. The molecule has 0 radical (unpaired) electrons. The first-order chi connectivity index (χ1) is 13.6. The molecule has 3 atom stereocenters. The van der Waals surface area contributed by atoms with Crippen molar-refractivity contribution in [3.05, 3.63) is 29.3 Å². The highest BCUT2D eigenvalue weighted by Gasteiger charge is 2.45. The normalized spacial score (nSPS) is 23.5. The standard InChI is InChI=1S/C25H40N2O/c1-4-5-6-7-8-9-10-11-12-13-25(28)27-23-15-14-20(2)18-21(23)22-19-26(3)17-16-24(22)27/h14-15,18,22,24H,4-13,16-17,19H2,1-3H3/p+1/t22-,24-/m1/s1. The summed E-state index contributed by atoms with van der Waals surface area (Å²) in [4.78, 5) is 16.9. The number of hydrogen-bond acceptors (Lipinski definition) is 1. The lowest BCUT2D eigenvalue weighted by Crippen LogP contribution is -3.11. The van der Waals surface area contributed by atoms with Gasteiger partial charge in [0, 0.05) is 18.5 Å². The Morgan fingerprint density at radius 2 is 1.75 bits per heavy atom. The third-order valence-electron chi connectivity index (χ3n) is 6.84. The number of fused-ring (bicyclic) bond motifs is 3. The summed E-state index contributed by atoms with van der Waals surface area (Å²) in [6.45, 7) is 6.77. The summed E-state index contributed by atoms with van der Waals surface area (Å²) in [5.74, 6) is 0.885. The van der Waals surface area contributed by atoms with Gasteiger partial charge in [0.15, 0.2) is 0 Å². The van der Waals surface area contributed by atoms with Crippen LogP contribution in [0.3, 0.4) is 0 Å². The predicted molar refractivity (Wildman–Crippen MR) is 118 cm³/mol. The van der Waals surface area contributed by atoms with Crippen molar-refractivity contribution in [2.75, 3.05) is 25.0 Å². The van der Waals surface area contributed by atoms with E-state index in [2.05, 4.69) is 44.0 Å². The number of quaternary nitrogens is 1. The molecule has 3 nitrogen and oxygen atoms in total. The Bertz CT molecular complexity index is 641. The van der Waals surface area contributed by atoms with E-state index in [9.17, 15) is 4.79 Å². The second kappa shape index (κ2) is 10.4. The van der Waals surface area contributed by atoms with Crippen LogP contribution in [0, 0.1) is 6.92 Å². The first-order valence-corrected chi connectivity index (χ1v) is 11.9. The van der Waals surface area contributed by atoms with E-state index in [1.807, 2.05) is 0 Å². The monoisotopic (exact) mass is 385 g/mol. The zero-order valence-electron chi connectivity index (χ0n) is 18.4. The van der Waals surface area contributed by atoms with Crippen LogP contribution in [0.2, 0.25) is 0 Å². The van der Waals surface area contributed by atoms with Crippen molar-refractivity contribution in [2.24, 2.45) is 0 Å². The van der Waals surface area contributed by atoms with Crippen LogP contribution in [-0.2, 0) is 4.79 Å². The maximum absolute atomic E-state index is 13.2. The largest absolute Gasteiger partial charge is 0.337 e. The molecule has 1 aromatic carbocycles. The third-order valence-corrected chi connectivity index (χ3v) is 6.84. The number of likely N-dealkylation sites (tertiary alicyclic amines) is 1. The van der Waals surface area contributed by atoms with Crippen LogP contribution in [0.25, 0.3) is 0 Å². The van der Waals surface area contributed by atoms with Gasteiger partial charge in [0.05, 0.1) is 32.1 Å². The Balaban J connectivity index is 1.49. The molecule has 1 N–H and O–H groups in total. The van der Waals surface area contributed by atoms with Crippen molar-refractivity contribution in [1.82, 2.24) is 0 Å². The average Bonchev–Trinajstić information content (AvgIpc) is 2.99. The molecule has 1 unspecified atom stereocenters. The van der Waals surface area contributed by atoms with Gasteiger partial charge in [-0.25, -0.2) is 0 Å². The van der Waals surface area contributed by atoms with Crippen molar-refractivity contribution < 1.29 is 9.69 Å². The molecule has 28 heavy (non-hydrogen) atoms. The molecule has 1 amide bonds. The van der Waals surface area contributed by atoms with E-state index >= 15 is 0 Å². The average molecular weight is 386 g/mol. The summed E-state index contributed by atoms with van der Waals surface area (Å²) < 4.78 is 0. The number of nitrogens with one attached hydrogen (secondary N) is 1. The number of unbranched alkanes of at least 4 members (excludes halogenated alkanes) is 8. The van der Waals surface area contributed by atoms with Crippen molar-refractivity contribution in [2.45, 2.75) is 96.4 Å². The Hall–Kier alpha value is -1.35. The van der Waals surface area contributed by atoms with E-state index in [4.69, 9.17) is 0 Å². The van der Waals surface area contributed by atoms with Gasteiger partial charge in [-0.3, -0.25) is 4.79 Å².